The minimum atomic E-state index is -0.508. The number of nitrogens with two attached hydrogens (primary N) is 1. The van der Waals surface area contributed by atoms with Gasteiger partial charge < -0.3 is 15.8 Å². The van der Waals surface area contributed by atoms with Gasteiger partial charge in [-0.2, -0.15) is 0 Å². The van der Waals surface area contributed by atoms with Crippen molar-refractivity contribution in [1.29, 1.82) is 0 Å². The molecule has 1 amide bonds. The third-order valence-electron chi connectivity index (χ3n) is 2.48. The van der Waals surface area contributed by atoms with E-state index >= 15 is 0 Å². The highest BCUT2D eigenvalue weighted by molar-refractivity contribution is 6.32. The fourth-order valence-corrected chi connectivity index (χ4v) is 1.78. The van der Waals surface area contributed by atoms with Crippen LogP contribution in [0.2, 0.25) is 5.02 Å². The highest BCUT2D eigenvalue weighted by atomic mass is 35.5. The third-order valence-corrected chi connectivity index (χ3v) is 2.79. The van der Waals surface area contributed by atoms with Gasteiger partial charge in [0.25, 0.3) is 0 Å². The van der Waals surface area contributed by atoms with Crippen molar-refractivity contribution in [3.63, 3.8) is 0 Å². The second-order valence-electron chi connectivity index (χ2n) is 4.57. The number of carbonyl (C=O) groups excluding carboxylic acids is 1. The summed E-state index contributed by atoms with van der Waals surface area (Å²) < 4.78 is 5.08. The van der Waals surface area contributed by atoms with E-state index in [0.29, 0.717) is 28.8 Å². The molecule has 0 saturated carbocycles. The summed E-state index contributed by atoms with van der Waals surface area (Å²) in [6.07, 6.45) is 0.649. The number of halogens is 1. The molecule has 0 radical (unpaired) electrons. The Labute approximate surface area is 112 Å². The zero-order chi connectivity index (χ0) is 13.7. The van der Waals surface area contributed by atoms with Crippen LogP contribution in [-0.2, 0) is 4.79 Å². The van der Waals surface area contributed by atoms with E-state index in [1.54, 1.807) is 18.2 Å². The van der Waals surface area contributed by atoms with Crippen LogP contribution >= 0.6 is 11.6 Å². The van der Waals surface area contributed by atoms with Crippen molar-refractivity contribution in [1.82, 2.24) is 0 Å². The van der Waals surface area contributed by atoms with Gasteiger partial charge in [0.05, 0.1) is 18.2 Å². The smallest absolute Gasteiger partial charge is 0.241 e. The molecule has 0 bridgehead atoms. The SMILES string of the molecule is COc1cc(NC(=O)[C@H](N)CC(C)C)ccc1Cl. The van der Waals surface area contributed by atoms with Crippen LogP contribution in [0.15, 0.2) is 18.2 Å². The van der Waals surface area contributed by atoms with Gasteiger partial charge >= 0.3 is 0 Å². The van der Waals surface area contributed by atoms with Gasteiger partial charge in [-0.05, 0) is 24.5 Å². The lowest BCUT2D eigenvalue weighted by atomic mass is 10.0. The molecule has 1 atom stereocenters. The van der Waals surface area contributed by atoms with E-state index in [1.165, 1.54) is 7.11 Å². The summed E-state index contributed by atoms with van der Waals surface area (Å²) in [5.74, 6) is 0.700. The molecule has 0 aromatic heterocycles. The van der Waals surface area contributed by atoms with Crippen molar-refractivity contribution >= 4 is 23.2 Å². The highest BCUT2D eigenvalue weighted by Crippen LogP contribution is 2.27. The number of rotatable bonds is 5. The molecule has 1 aromatic carbocycles. The molecule has 0 aliphatic carbocycles. The number of benzene rings is 1. The van der Waals surface area contributed by atoms with Gasteiger partial charge in [-0.1, -0.05) is 25.4 Å². The van der Waals surface area contributed by atoms with Crippen LogP contribution in [-0.4, -0.2) is 19.1 Å². The number of methoxy groups -OCH3 is 1. The largest absolute Gasteiger partial charge is 0.495 e. The van der Waals surface area contributed by atoms with E-state index in [4.69, 9.17) is 22.1 Å². The van der Waals surface area contributed by atoms with E-state index in [1.807, 2.05) is 13.8 Å². The highest BCUT2D eigenvalue weighted by Gasteiger charge is 2.15. The molecule has 0 aliphatic heterocycles. The van der Waals surface area contributed by atoms with Crippen LogP contribution in [0.1, 0.15) is 20.3 Å². The number of amides is 1. The Morgan fingerprint density at radius 2 is 2.17 bits per heavy atom. The molecule has 18 heavy (non-hydrogen) atoms. The number of ether oxygens (including phenoxy) is 1. The number of hydrogen-bond acceptors (Lipinski definition) is 3. The molecule has 1 rings (SSSR count). The van der Waals surface area contributed by atoms with Crippen molar-refractivity contribution in [2.75, 3.05) is 12.4 Å². The zero-order valence-corrected chi connectivity index (χ0v) is 11.6. The molecule has 5 heteroatoms. The lowest BCUT2D eigenvalue weighted by molar-refractivity contribution is -0.117. The van der Waals surface area contributed by atoms with Crippen LogP contribution in [0.5, 0.6) is 5.75 Å². The predicted molar refractivity (Wildman–Crippen MR) is 74.1 cm³/mol. The Bertz CT molecular complexity index is 421. The van der Waals surface area contributed by atoms with E-state index < -0.39 is 6.04 Å². The fraction of sp³-hybridized carbons (Fsp3) is 0.462. The first-order valence-corrected chi connectivity index (χ1v) is 6.21. The van der Waals surface area contributed by atoms with Gasteiger partial charge in [0.1, 0.15) is 5.75 Å². The molecule has 0 unspecified atom stereocenters. The lowest BCUT2D eigenvalue weighted by Crippen LogP contribution is -2.36. The van der Waals surface area contributed by atoms with Crippen LogP contribution in [0.3, 0.4) is 0 Å². The van der Waals surface area contributed by atoms with Gasteiger partial charge in [0, 0.05) is 11.8 Å². The Morgan fingerprint density at radius 3 is 2.72 bits per heavy atom. The fourth-order valence-electron chi connectivity index (χ4n) is 1.59. The molecule has 0 heterocycles. The number of hydrogen-bond donors (Lipinski definition) is 2. The maximum absolute atomic E-state index is 11.8. The number of nitrogens with one attached hydrogen (secondary N) is 1. The van der Waals surface area contributed by atoms with Crippen molar-refractivity contribution < 1.29 is 9.53 Å². The molecule has 0 saturated heterocycles. The van der Waals surface area contributed by atoms with Crippen molar-refractivity contribution in [2.24, 2.45) is 11.7 Å². The molecule has 0 fully saturated rings. The van der Waals surface area contributed by atoms with Gasteiger partial charge in [-0.25, -0.2) is 0 Å². The standard InChI is InChI=1S/C13H19ClN2O2/c1-8(2)6-11(15)13(17)16-9-4-5-10(14)12(7-9)18-3/h4-5,7-8,11H,6,15H2,1-3H3,(H,16,17)/t11-/m1/s1. The molecule has 4 nitrogen and oxygen atoms in total. The molecular formula is C13H19ClN2O2. The second kappa shape index (κ2) is 6.61. The third kappa shape index (κ3) is 4.20. The molecule has 3 N–H and O–H groups in total. The van der Waals surface area contributed by atoms with Crippen molar-refractivity contribution in [3.05, 3.63) is 23.2 Å². The normalized spacial score (nSPS) is 12.3. The molecule has 0 spiro atoms. The quantitative estimate of drug-likeness (QED) is 0.865. The van der Waals surface area contributed by atoms with Crippen LogP contribution in [0, 0.1) is 5.92 Å². The second-order valence-corrected chi connectivity index (χ2v) is 4.98. The molecule has 100 valence electrons. The van der Waals surface area contributed by atoms with E-state index in [0.717, 1.165) is 0 Å². The van der Waals surface area contributed by atoms with Crippen LogP contribution in [0.25, 0.3) is 0 Å². The average Bonchev–Trinajstić information content (AvgIpc) is 2.30. The summed E-state index contributed by atoms with van der Waals surface area (Å²) in [7, 11) is 1.53. The predicted octanol–water partition coefficient (Wildman–Crippen LogP) is 2.66. The number of anilines is 1. The summed E-state index contributed by atoms with van der Waals surface area (Å²) in [6, 6.07) is 4.55. The Morgan fingerprint density at radius 1 is 1.50 bits per heavy atom. The van der Waals surface area contributed by atoms with E-state index in [2.05, 4.69) is 5.32 Å². The maximum atomic E-state index is 11.8. The van der Waals surface area contributed by atoms with Gasteiger partial charge in [0.2, 0.25) is 5.91 Å². The summed E-state index contributed by atoms with van der Waals surface area (Å²) in [5, 5.41) is 3.25. The first-order chi connectivity index (χ1) is 8.43. The summed E-state index contributed by atoms with van der Waals surface area (Å²) >= 11 is 5.90. The summed E-state index contributed by atoms with van der Waals surface area (Å²) in [5.41, 5.74) is 6.42. The van der Waals surface area contributed by atoms with Crippen molar-refractivity contribution in [3.8, 4) is 5.75 Å². The Balaban J connectivity index is 2.70. The topological polar surface area (TPSA) is 64.3 Å². The zero-order valence-electron chi connectivity index (χ0n) is 10.9. The molecule has 0 aliphatic rings. The minimum absolute atomic E-state index is 0.201. The monoisotopic (exact) mass is 270 g/mol. The summed E-state index contributed by atoms with van der Waals surface area (Å²) in [6.45, 7) is 4.05. The van der Waals surface area contributed by atoms with Crippen LogP contribution < -0.4 is 15.8 Å². The Kier molecular flexibility index (Phi) is 5.44. The van der Waals surface area contributed by atoms with Gasteiger partial charge in [0.15, 0.2) is 0 Å². The number of carbonyl (C=O) groups is 1. The minimum Gasteiger partial charge on any atom is -0.495 e. The Hall–Kier alpha value is -1.26. The van der Waals surface area contributed by atoms with Crippen LogP contribution in [0.4, 0.5) is 5.69 Å². The summed E-state index contributed by atoms with van der Waals surface area (Å²) in [4.78, 5) is 11.8. The molecular weight excluding hydrogens is 252 g/mol. The van der Waals surface area contributed by atoms with Gasteiger partial charge in [-0.3, -0.25) is 4.79 Å². The maximum Gasteiger partial charge on any atom is 0.241 e. The lowest BCUT2D eigenvalue weighted by Gasteiger charge is -2.14. The first kappa shape index (κ1) is 14.8. The van der Waals surface area contributed by atoms with Crippen molar-refractivity contribution in [2.45, 2.75) is 26.3 Å². The first-order valence-electron chi connectivity index (χ1n) is 5.84. The van der Waals surface area contributed by atoms with E-state index in [9.17, 15) is 4.79 Å². The van der Waals surface area contributed by atoms with Gasteiger partial charge in [-0.15, -0.1) is 0 Å². The van der Waals surface area contributed by atoms with E-state index in [-0.39, 0.29) is 5.91 Å². The molecule has 1 aromatic rings. The average molecular weight is 271 g/mol.